The van der Waals surface area contributed by atoms with E-state index in [-0.39, 0.29) is 11.9 Å². The summed E-state index contributed by atoms with van der Waals surface area (Å²) < 4.78 is 5.20. The number of likely N-dealkylation sites (tertiary alicyclic amines) is 1. The lowest BCUT2D eigenvalue weighted by Crippen LogP contribution is -2.40. The Labute approximate surface area is 180 Å². The van der Waals surface area contributed by atoms with Crippen molar-refractivity contribution in [3.8, 4) is 5.75 Å². The second-order valence-corrected chi connectivity index (χ2v) is 8.46. The molecule has 0 spiro atoms. The molecule has 2 aromatic carbocycles. The first-order chi connectivity index (χ1) is 14.7. The Morgan fingerprint density at radius 2 is 1.80 bits per heavy atom. The van der Waals surface area contributed by atoms with E-state index in [0.29, 0.717) is 12.1 Å². The van der Waals surface area contributed by atoms with Gasteiger partial charge in [-0.25, -0.2) is 0 Å². The number of methoxy groups -OCH3 is 1. The second-order valence-electron chi connectivity index (χ2n) is 8.46. The molecule has 4 rings (SSSR count). The standard InChI is InChI=1S/C25H33N3O2/c1-27-14-6-7-20-17-21(10-13-23(20)27)24(28-15-4-3-5-16-28)18-26-25(29)19-8-11-22(30-2)12-9-19/h8-13,17,24H,3-7,14-16,18H2,1-2H3,(H,26,29). The third kappa shape index (κ3) is 4.62. The predicted octanol–water partition coefficient (Wildman–Crippen LogP) is 4.03. The van der Waals surface area contributed by atoms with E-state index in [0.717, 1.165) is 31.8 Å². The zero-order chi connectivity index (χ0) is 20.9. The van der Waals surface area contributed by atoms with Crippen LogP contribution in [0.3, 0.4) is 0 Å². The van der Waals surface area contributed by atoms with Gasteiger partial charge in [-0.2, -0.15) is 0 Å². The molecule has 0 radical (unpaired) electrons. The molecule has 30 heavy (non-hydrogen) atoms. The van der Waals surface area contributed by atoms with Crippen LogP contribution >= 0.6 is 0 Å². The monoisotopic (exact) mass is 407 g/mol. The van der Waals surface area contributed by atoms with Gasteiger partial charge in [-0.3, -0.25) is 9.69 Å². The van der Waals surface area contributed by atoms with Crippen molar-refractivity contribution in [1.82, 2.24) is 10.2 Å². The number of fused-ring (bicyclic) bond motifs is 1. The van der Waals surface area contributed by atoms with Crippen molar-refractivity contribution in [2.24, 2.45) is 0 Å². The van der Waals surface area contributed by atoms with Gasteiger partial charge in [0, 0.05) is 31.4 Å². The smallest absolute Gasteiger partial charge is 0.251 e. The topological polar surface area (TPSA) is 44.8 Å². The fourth-order valence-corrected chi connectivity index (χ4v) is 4.73. The van der Waals surface area contributed by atoms with E-state index in [2.05, 4.69) is 40.4 Å². The Bertz CT molecular complexity index is 859. The molecule has 0 aromatic heterocycles. The van der Waals surface area contributed by atoms with Gasteiger partial charge in [0.25, 0.3) is 5.91 Å². The van der Waals surface area contributed by atoms with Gasteiger partial charge in [-0.1, -0.05) is 18.6 Å². The molecule has 1 unspecified atom stereocenters. The van der Waals surface area contributed by atoms with Gasteiger partial charge in [0.05, 0.1) is 13.2 Å². The first-order valence-electron chi connectivity index (χ1n) is 11.2. The van der Waals surface area contributed by atoms with Gasteiger partial charge in [0.2, 0.25) is 0 Å². The molecule has 160 valence electrons. The summed E-state index contributed by atoms with van der Waals surface area (Å²) in [6.07, 6.45) is 6.11. The number of amides is 1. The molecule has 0 bridgehead atoms. The van der Waals surface area contributed by atoms with E-state index in [9.17, 15) is 4.79 Å². The summed E-state index contributed by atoms with van der Waals surface area (Å²) in [4.78, 5) is 17.7. The Morgan fingerprint density at radius 3 is 2.53 bits per heavy atom. The van der Waals surface area contributed by atoms with Crippen LogP contribution in [-0.4, -0.2) is 51.1 Å². The number of carbonyl (C=O) groups is 1. The van der Waals surface area contributed by atoms with Crippen molar-refractivity contribution < 1.29 is 9.53 Å². The molecule has 1 atom stereocenters. The molecular formula is C25H33N3O2. The van der Waals surface area contributed by atoms with Gasteiger partial charge in [-0.05, 0) is 80.2 Å². The van der Waals surface area contributed by atoms with Crippen LogP contribution in [0.25, 0.3) is 0 Å². The third-order valence-corrected chi connectivity index (χ3v) is 6.48. The zero-order valence-electron chi connectivity index (χ0n) is 18.2. The van der Waals surface area contributed by atoms with Gasteiger partial charge < -0.3 is 15.0 Å². The van der Waals surface area contributed by atoms with Crippen molar-refractivity contribution in [1.29, 1.82) is 0 Å². The van der Waals surface area contributed by atoms with E-state index in [1.54, 1.807) is 7.11 Å². The van der Waals surface area contributed by atoms with Crippen molar-refractivity contribution >= 4 is 11.6 Å². The highest BCUT2D eigenvalue weighted by atomic mass is 16.5. The molecule has 1 N–H and O–H groups in total. The van der Waals surface area contributed by atoms with E-state index < -0.39 is 0 Å². The molecule has 0 saturated carbocycles. The molecule has 1 saturated heterocycles. The zero-order valence-corrected chi connectivity index (χ0v) is 18.2. The number of piperidine rings is 1. The summed E-state index contributed by atoms with van der Waals surface area (Å²) in [6.45, 7) is 3.94. The van der Waals surface area contributed by atoms with Gasteiger partial charge >= 0.3 is 0 Å². The summed E-state index contributed by atoms with van der Waals surface area (Å²) in [5.74, 6) is 0.731. The maximum atomic E-state index is 12.8. The van der Waals surface area contributed by atoms with Crippen LogP contribution in [0, 0.1) is 0 Å². The SMILES string of the molecule is COc1ccc(C(=O)NCC(c2ccc3c(c2)CCCN3C)N2CCCCC2)cc1. The largest absolute Gasteiger partial charge is 0.497 e. The summed E-state index contributed by atoms with van der Waals surface area (Å²) in [5, 5.41) is 3.19. The Balaban J connectivity index is 1.52. The number of carbonyl (C=O) groups excluding carboxylic acids is 1. The van der Waals surface area contributed by atoms with Gasteiger partial charge in [-0.15, -0.1) is 0 Å². The molecular weight excluding hydrogens is 374 g/mol. The number of hydrogen-bond acceptors (Lipinski definition) is 4. The van der Waals surface area contributed by atoms with Crippen LogP contribution < -0.4 is 15.0 Å². The molecule has 2 aliphatic heterocycles. The number of rotatable bonds is 6. The lowest BCUT2D eigenvalue weighted by molar-refractivity contribution is 0.0924. The maximum Gasteiger partial charge on any atom is 0.251 e. The van der Waals surface area contributed by atoms with E-state index in [1.165, 1.54) is 42.5 Å². The van der Waals surface area contributed by atoms with E-state index >= 15 is 0 Å². The first-order valence-corrected chi connectivity index (χ1v) is 11.2. The Hall–Kier alpha value is -2.53. The number of anilines is 1. The first kappa shape index (κ1) is 20.7. The van der Waals surface area contributed by atoms with Crippen molar-refractivity contribution in [3.63, 3.8) is 0 Å². The lowest BCUT2D eigenvalue weighted by Gasteiger charge is -2.36. The summed E-state index contributed by atoms with van der Waals surface area (Å²) >= 11 is 0. The highest BCUT2D eigenvalue weighted by molar-refractivity contribution is 5.94. The number of ether oxygens (including phenoxy) is 1. The summed E-state index contributed by atoms with van der Waals surface area (Å²) in [7, 11) is 3.81. The summed E-state index contributed by atoms with van der Waals surface area (Å²) in [5.41, 5.74) is 4.77. The van der Waals surface area contributed by atoms with E-state index in [4.69, 9.17) is 4.74 Å². The number of aryl methyl sites for hydroxylation is 1. The fourth-order valence-electron chi connectivity index (χ4n) is 4.73. The number of nitrogens with zero attached hydrogens (tertiary/aromatic N) is 2. The van der Waals surface area contributed by atoms with Crippen molar-refractivity contribution in [2.45, 2.75) is 38.1 Å². The highest BCUT2D eigenvalue weighted by Gasteiger charge is 2.25. The normalized spacial score (nSPS) is 17.9. The minimum absolute atomic E-state index is 0.0302. The second kappa shape index (κ2) is 9.52. The van der Waals surface area contributed by atoms with Crippen LogP contribution in [0.5, 0.6) is 5.75 Å². The molecule has 1 fully saturated rings. The van der Waals surface area contributed by atoms with Crippen LogP contribution in [0.2, 0.25) is 0 Å². The van der Waals surface area contributed by atoms with Crippen LogP contribution in [0.4, 0.5) is 5.69 Å². The molecule has 2 heterocycles. The summed E-state index contributed by atoms with van der Waals surface area (Å²) in [6, 6.07) is 14.4. The Morgan fingerprint density at radius 1 is 1.03 bits per heavy atom. The Kier molecular flexibility index (Phi) is 6.58. The molecule has 0 aliphatic carbocycles. The lowest BCUT2D eigenvalue weighted by atomic mass is 9.95. The fraction of sp³-hybridized carbons (Fsp3) is 0.480. The average Bonchev–Trinajstić information content (AvgIpc) is 2.80. The van der Waals surface area contributed by atoms with Gasteiger partial charge in [0.15, 0.2) is 0 Å². The molecule has 2 aromatic rings. The van der Waals surface area contributed by atoms with Crippen LogP contribution in [0.15, 0.2) is 42.5 Å². The number of benzene rings is 2. The highest BCUT2D eigenvalue weighted by Crippen LogP contribution is 2.31. The van der Waals surface area contributed by atoms with Crippen molar-refractivity contribution in [2.75, 3.05) is 45.2 Å². The molecule has 1 amide bonds. The van der Waals surface area contributed by atoms with E-state index in [1.807, 2.05) is 24.3 Å². The minimum Gasteiger partial charge on any atom is -0.497 e. The minimum atomic E-state index is -0.0302. The quantitative estimate of drug-likeness (QED) is 0.785. The average molecular weight is 408 g/mol. The maximum absolute atomic E-state index is 12.8. The number of nitrogens with one attached hydrogen (secondary N) is 1. The van der Waals surface area contributed by atoms with Crippen molar-refractivity contribution in [3.05, 3.63) is 59.2 Å². The third-order valence-electron chi connectivity index (χ3n) is 6.48. The molecule has 5 nitrogen and oxygen atoms in total. The molecule has 2 aliphatic rings. The molecule has 5 heteroatoms. The van der Waals surface area contributed by atoms with Crippen LogP contribution in [-0.2, 0) is 6.42 Å². The van der Waals surface area contributed by atoms with Crippen LogP contribution in [0.1, 0.15) is 53.2 Å². The van der Waals surface area contributed by atoms with Gasteiger partial charge in [0.1, 0.15) is 5.75 Å². The number of hydrogen-bond donors (Lipinski definition) is 1. The predicted molar refractivity (Wildman–Crippen MR) is 122 cm³/mol.